The van der Waals surface area contributed by atoms with Crippen molar-refractivity contribution in [1.29, 1.82) is 0 Å². The molecule has 0 atom stereocenters. The zero-order chi connectivity index (χ0) is 21.6. The van der Waals surface area contributed by atoms with E-state index < -0.39 is 11.8 Å². The van der Waals surface area contributed by atoms with Gasteiger partial charge in [-0.2, -0.15) is 0 Å². The van der Waals surface area contributed by atoms with Crippen LogP contribution < -0.4 is 10.5 Å². The minimum atomic E-state index is -0.399. The van der Waals surface area contributed by atoms with Crippen LogP contribution in [0.5, 0.6) is 0 Å². The molecule has 150 valence electrons. The highest BCUT2D eigenvalue weighted by Gasteiger charge is 2.35. The summed E-state index contributed by atoms with van der Waals surface area (Å²) in [6.07, 6.45) is 0. The molecule has 2 aromatic heterocycles. The summed E-state index contributed by atoms with van der Waals surface area (Å²) in [5.41, 5.74) is 3.08. The van der Waals surface area contributed by atoms with Crippen LogP contribution in [-0.4, -0.2) is 21.2 Å². The molecule has 6 nitrogen and oxygen atoms in total. The van der Waals surface area contributed by atoms with Gasteiger partial charge < -0.3 is 0 Å². The van der Waals surface area contributed by atoms with Gasteiger partial charge in [0.15, 0.2) is 0 Å². The first-order valence-corrected chi connectivity index (χ1v) is 10.2. The highest BCUT2D eigenvalue weighted by molar-refractivity contribution is 6.38. The molecule has 0 bridgehead atoms. The van der Waals surface area contributed by atoms with Crippen molar-refractivity contribution < 1.29 is 9.59 Å². The van der Waals surface area contributed by atoms with Gasteiger partial charge >= 0.3 is 0 Å². The van der Waals surface area contributed by atoms with Crippen molar-refractivity contribution in [2.24, 2.45) is 0 Å². The fourth-order valence-corrected chi connectivity index (χ4v) is 4.89. The second-order valence-electron chi connectivity index (χ2n) is 7.92. The number of fused-ring (bicyclic) bond motifs is 4. The molecule has 6 heteroatoms. The molecular weight excluding hydrogens is 402 g/mol. The van der Waals surface area contributed by atoms with Crippen LogP contribution in [-0.2, 0) is 0 Å². The van der Waals surface area contributed by atoms with E-state index in [1.165, 1.54) is 4.90 Å². The number of amides is 2. The molecular formula is C26H13N3O3. The number of benzene rings is 4. The van der Waals surface area contributed by atoms with Gasteiger partial charge in [-0.25, -0.2) is 9.88 Å². The summed E-state index contributed by atoms with van der Waals surface area (Å²) >= 11 is 0. The monoisotopic (exact) mass is 415 g/mol. The highest BCUT2D eigenvalue weighted by Crippen LogP contribution is 2.38. The molecule has 0 fully saturated rings. The molecule has 0 saturated carbocycles. The molecule has 0 radical (unpaired) electrons. The largest absolute Gasteiger partial charge is 0.268 e. The van der Waals surface area contributed by atoms with E-state index in [1.54, 1.807) is 46.9 Å². The van der Waals surface area contributed by atoms with Crippen molar-refractivity contribution in [3.05, 3.63) is 100 Å². The third kappa shape index (κ3) is 1.94. The van der Waals surface area contributed by atoms with E-state index in [0.717, 1.165) is 16.4 Å². The van der Waals surface area contributed by atoms with E-state index in [1.807, 2.05) is 36.4 Å². The van der Waals surface area contributed by atoms with Crippen LogP contribution in [0, 0.1) is 0 Å². The number of pyridine rings is 1. The lowest BCUT2D eigenvalue weighted by Crippen LogP contribution is -2.40. The van der Waals surface area contributed by atoms with Crippen LogP contribution >= 0.6 is 0 Å². The highest BCUT2D eigenvalue weighted by atomic mass is 16.2. The smallest absolute Gasteiger partial charge is 0.265 e. The van der Waals surface area contributed by atoms with Crippen molar-refractivity contribution in [3.63, 3.8) is 0 Å². The van der Waals surface area contributed by atoms with E-state index in [-0.39, 0.29) is 5.56 Å². The lowest BCUT2D eigenvalue weighted by Gasteiger charge is -2.27. The second kappa shape index (κ2) is 5.76. The Hall–Kier alpha value is -4.58. The van der Waals surface area contributed by atoms with Crippen LogP contribution in [0.4, 0.5) is 5.69 Å². The SMILES string of the molecule is O=C1c2ccc3c(=O)n4c5ccccc5nc4c4ccc(c2c34)C(=O)N1c1ccccc1. The molecule has 0 spiro atoms. The zero-order valence-electron chi connectivity index (χ0n) is 16.6. The van der Waals surface area contributed by atoms with Gasteiger partial charge in [0, 0.05) is 32.7 Å². The summed E-state index contributed by atoms with van der Waals surface area (Å²) in [7, 11) is 0. The van der Waals surface area contributed by atoms with Gasteiger partial charge in [0.25, 0.3) is 17.4 Å². The maximum absolute atomic E-state index is 13.5. The van der Waals surface area contributed by atoms with Crippen molar-refractivity contribution >= 4 is 55.7 Å². The molecule has 2 amide bonds. The number of carbonyl (C=O) groups is 2. The molecule has 3 heterocycles. The Morgan fingerprint density at radius 3 is 2.03 bits per heavy atom. The molecule has 7 rings (SSSR count). The van der Waals surface area contributed by atoms with Gasteiger partial charge in [-0.15, -0.1) is 0 Å². The second-order valence-corrected chi connectivity index (χ2v) is 7.92. The van der Waals surface area contributed by atoms with Gasteiger partial charge in [0.05, 0.1) is 16.7 Å². The Labute approximate surface area is 180 Å². The lowest BCUT2D eigenvalue weighted by atomic mass is 9.90. The predicted octanol–water partition coefficient (Wildman–Crippen LogP) is 4.39. The number of nitrogens with zero attached hydrogens (tertiary/aromatic N) is 3. The number of aromatic nitrogens is 2. The number of hydrogen-bond acceptors (Lipinski definition) is 4. The number of imide groups is 1. The van der Waals surface area contributed by atoms with Crippen molar-refractivity contribution in [3.8, 4) is 0 Å². The standard InChI is InChI=1S/C26H13N3O3/c30-24-17-11-10-15-21-16(26(32)29-20-9-5-4-8-19(20)27-23(15)29)12-13-18(22(17)21)25(31)28(24)14-6-2-1-3-7-14/h1-13H. The fourth-order valence-electron chi connectivity index (χ4n) is 4.89. The van der Waals surface area contributed by atoms with Gasteiger partial charge in [-0.1, -0.05) is 30.3 Å². The van der Waals surface area contributed by atoms with E-state index in [9.17, 15) is 14.4 Å². The molecule has 0 aliphatic carbocycles. The van der Waals surface area contributed by atoms with Gasteiger partial charge in [0.1, 0.15) is 5.65 Å². The van der Waals surface area contributed by atoms with Crippen LogP contribution in [0.15, 0.2) is 83.7 Å². The fraction of sp³-hybridized carbons (Fsp3) is 0. The number of hydrogen-bond donors (Lipinski definition) is 0. The first-order chi connectivity index (χ1) is 15.6. The number of rotatable bonds is 1. The average molecular weight is 415 g/mol. The minimum Gasteiger partial charge on any atom is -0.268 e. The summed E-state index contributed by atoms with van der Waals surface area (Å²) in [5, 5.41) is 2.34. The van der Waals surface area contributed by atoms with Crippen LogP contribution in [0.2, 0.25) is 0 Å². The Morgan fingerprint density at radius 2 is 1.28 bits per heavy atom. The van der Waals surface area contributed by atoms with Crippen LogP contribution in [0.3, 0.4) is 0 Å². The normalized spacial score (nSPS) is 13.8. The predicted molar refractivity (Wildman–Crippen MR) is 123 cm³/mol. The van der Waals surface area contributed by atoms with Crippen molar-refractivity contribution in [2.75, 3.05) is 4.90 Å². The Balaban J connectivity index is 1.64. The Kier molecular flexibility index (Phi) is 3.09. The molecule has 0 N–H and O–H groups in total. The maximum atomic E-state index is 13.5. The maximum Gasteiger partial charge on any atom is 0.265 e. The van der Waals surface area contributed by atoms with Crippen molar-refractivity contribution in [2.45, 2.75) is 0 Å². The Bertz CT molecular complexity index is 1810. The van der Waals surface area contributed by atoms with Crippen molar-refractivity contribution in [1.82, 2.24) is 9.38 Å². The quantitative estimate of drug-likeness (QED) is 0.374. The molecule has 1 aliphatic rings. The first kappa shape index (κ1) is 17.1. The number of carbonyl (C=O) groups excluding carboxylic acids is 2. The van der Waals surface area contributed by atoms with Gasteiger partial charge in [0.2, 0.25) is 0 Å². The molecule has 0 unspecified atom stereocenters. The third-order valence-corrected chi connectivity index (χ3v) is 6.28. The summed E-state index contributed by atoms with van der Waals surface area (Å²) in [6, 6.07) is 23.2. The first-order valence-electron chi connectivity index (χ1n) is 10.2. The van der Waals surface area contributed by atoms with E-state index >= 15 is 0 Å². The topological polar surface area (TPSA) is 71.7 Å². The third-order valence-electron chi connectivity index (χ3n) is 6.28. The van der Waals surface area contributed by atoms with Crippen LogP contribution in [0.1, 0.15) is 20.7 Å². The van der Waals surface area contributed by atoms with E-state index in [0.29, 0.717) is 38.6 Å². The number of anilines is 1. The van der Waals surface area contributed by atoms with Gasteiger partial charge in [-0.3, -0.25) is 18.8 Å². The van der Waals surface area contributed by atoms with E-state index in [2.05, 4.69) is 0 Å². The molecule has 6 aromatic rings. The lowest BCUT2D eigenvalue weighted by molar-refractivity contribution is 0.0893. The molecule has 4 aromatic carbocycles. The number of para-hydroxylation sites is 3. The van der Waals surface area contributed by atoms with E-state index in [4.69, 9.17) is 4.98 Å². The molecule has 0 saturated heterocycles. The average Bonchev–Trinajstić information content (AvgIpc) is 3.22. The Morgan fingerprint density at radius 1 is 0.625 bits per heavy atom. The minimum absolute atomic E-state index is 0.213. The molecule has 1 aliphatic heterocycles. The summed E-state index contributed by atoms with van der Waals surface area (Å²) in [6.45, 7) is 0. The summed E-state index contributed by atoms with van der Waals surface area (Å²) in [4.78, 5) is 46.2. The van der Waals surface area contributed by atoms with Gasteiger partial charge in [-0.05, 0) is 48.5 Å². The number of imidazole rings is 1. The zero-order valence-corrected chi connectivity index (χ0v) is 16.6. The summed E-state index contributed by atoms with van der Waals surface area (Å²) in [5.74, 6) is -0.798. The summed E-state index contributed by atoms with van der Waals surface area (Å²) < 4.78 is 1.61. The molecule has 32 heavy (non-hydrogen) atoms. The van der Waals surface area contributed by atoms with Crippen LogP contribution in [0.25, 0.3) is 38.2 Å².